The van der Waals surface area contributed by atoms with E-state index in [9.17, 15) is 9.90 Å². The second-order valence-electron chi connectivity index (χ2n) is 5.13. The highest BCUT2D eigenvalue weighted by molar-refractivity contribution is 9.10. The summed E-state index contributed by atoms with van der Waals surface area (Å²) >= 11 is 9.08. The van der Waals surface area contributed by atoms with Crippen molar-refractivity contribution in [1.82, 2.24) is 5.43 Å². The predicted molar refractivity (Wildman–Crippen MR) is 98.0 cm³/mol. The molecule has 5 nitrogen and oxygen atoms in total. The highest BCUT2D eigenvalue weighted by Gasteiger charge is 2.08. The quantitative estimate of drug-likeness (QED) is 0.578. The van der Waals surface area contributed by atoms with Gasteiger partial charge in [-0.25, -0.2) is 5.43 Å². The molecule has 0 aliphatic rings. The van der Waals surface area contributed by atoms with Crippen molar-refractivity contribution in [2.45, 2.75) is 13.8 Å². The number of nitrogens with one attached hydrogen (secondary N) is 1. The third kappa shape index (κ3) is 4.72. The van der Waals surface area contributed by atoms with E-state index in [1.165, 1.54) is 12.3 Å². The number of amides is 1. The SMILES string of the molecule is Cc1cccc(C)c1OCC(=O)N/N=C\c1cc(Cl)cc(Br)c1O. The van der Waals surface area contributed by atoms with Gasteiger partial charge in [0.1, 0.15) is 11.5 Å². The molecular weight excluding hydrogens is 396 g/mol. The smallest absolute Gasteiger partial charge is 0.277 e. The van der Waals surface area contributed by atoms with Crippen molar-refractivity contribution in [2.24, 2.45) is 5.10 Å². The number of carbonyl (C=O) groups excluding carboxylic acids is 1. The van der Waals surface area contributed by atoms with Gasteiger partial charge in [0.25, 0.3) is 5.91 Å². The largest absolute Gasteiger partial charge is 0.506 e. The lowest BCUT2D eigenvalue weighted by Gasteiger charge is -2.10. The first kappa shape index (κ1) is 18.3. The minimum atomic E-state index is -0.408. The third-order valence-corrected chi connectivity index (χ3v) is 4.03. The number of aryl methyl sites for hydroxylation is 2. The Bertz CT molecular complexity index is 773. The van der Waals surface area contributed by atoms with E-state index in [0.717, 1.165) is 11.1 Å². The van der Waals surface area contributed by atoms with Crippen LogP contribution in [0.2, 0.25) is 5.02 Å². The van der Waals surface area contributed by atoms with E-state index in [2.05, 4.69) is 26.5 Å². The standard InChI is InChI=1S/C17H16BrClN2O3/c1-10-4-3-5-11(2)17(10)24-9-15(22)21-20-8-12-6-13(19)7-14(18)16(12)23/h3-8,23H,9H2,1-2H3,(H,21,22)/b20-8-. The molecule has 1 amide bonds. The Morgan fingerprint density at radius 1 is 1.38 bits per heavy atom. The van der Waals surface area contributed by atoms with Crippen LogP contribution in [0.5, 0.6) is 11.5 Å². The number of hydrogen-bond donors (Lipinski definition) is 2. The Balaban J connectivity index is 1.94. The summed E-state index contributed by atoms with van der Waals surface area (Å²) in [5, 5.41) is 14.1. The molecule has 126 valence electrons. The van der Waals surface area contributed by atoms with Crippen LogP contribution in [-0.2, 0) is 4.79 Å². The van der Waals surface area contributed by atoms with Gasteiger partial charge in [0.15, 0.2) is 6.61 Å². The van der Waals surface area contributed by atoms with Crippen LogP contribution in [0.25, 0.3) is 0 Å². The molecule has 24 heavy (non-hydrogen) atoms. The molecule has 0 heterocycles. The first-order valence-corrected chi connectivity index (χ1v) is 8.24. The molecule has 0 aliphatic heterocycles. The van der Waals surface area contributed by atoms with Gasteiger partial charge in [0, 0.05) is 10.6 Å². The predicted octanol–water partition coefficient (Wildman–Crippen LogP) is 3.95. The number of nitrogens with zero attached hydrogens (tertiary/aromatic N) is 1. The zero-order valence-corrected chi connectivity index (χ0v) is 15.5. The molecule has 2 rings (SSSR count). The summed E-state index contributed by atoms with van der Waals surface area (Å²) in [5.41, 5.74) is 4.64. The lowest BCUT2D eigenvalue weighted by molar-refractivity contribution is -0.123. The van der Waals surface area contributed by atoms with E-state index in [1.807, 2.05) is 32.0 Å². The zero-order chi connectivity index (χ0) is 17.7. The molecule has 0 aromatic heterocycles. The first-order chi connectivity index (χ1) is 11.4. The average Bonchev–Trinajstić information content (AvgIpc) is 2.51. The second kappa shape index (κ2) is 8.17. The van der Waals surface area contributed by atoms with Crippen LogP contribution in [0.3, 0.4) is 0 Å². The summed E-state index contributed by atoms with van der Waals surface area (Å²) in [6.45, 7) is 3.67. The summed E-state index contributed by atoms with van der Waals surface area (Å²) in [4.78, 5) is 11.8. The molecule has 2 aromatic rings. The molecule has 0 unspecified atom stereocenters. The molecule has 0 radical (unpaired) electrons. The van der Waals surface area contributed by atoms with Gasteiger partial charge in [-0.05, 0) is 53.0 Å². The van der Waals surface area contributed by atoms with Gasteiger partial charge in [0.2, 0.25) is 0 Å². The molecule has 0 fully saturated rings. The summed E-state index contributed by atoms with van der Waals surface area (Å²) in [7, 11) is 0. The first-order valence-electron chi connectivity index (χ1n) is 7.07. The monoisotopic (exact) mass is 410 g/mol. The summed E-state index contributed by atoms with van der Waals surface area (Å²) in [6.07, 6.45) is 1.31. The number of hydrazone groups is 1. The number of para-hydroxylation sites is 1. The summed E-state index contributed by atoms with van der Waals surface area (Å²) in [5.74, 6) is 0.270. The zero-order valence-electron chi connectivity index (χ0n) is 13.1. The molecule has 7 heteroatoms. The number of halogens is 2. The number of carbonyl (C=O) groups is 1. The van der Waals surface area contributed by atoms with Crippen molar-refractivity contribution in [1.29, 1.82) is 0 Å². The van der Waals surface area contributed by atoms with E-state index in [-0.39, 0.29) is 12.4 Å². The van der Waals surface area contributed by atoms with Crippen molar-refractivity contribution in [3.63, 3.8) is 0 Å². The van der Waals surface area contributed by atoms with Crippen molar-refractivity contribution in [3.8, 4) is 11.5 Å². The van der Waals surface area contributed by atoms with Gasteiger partial charge in [-0.3, -0.25) is 4.79 Å². The molecule has 0 saturated carbocycles. The molecule has 0 atom stereocenters. The maximum Gasteiger partial charge on any atom is 0.277 e. The third-order valence-electron chi connectivity index (χ3n) is 3.21. The molecule has 0 aliphatic carbocycles. The van der Waals surface area contributed by atoms with Gasteiger partial charge in [-0.15, -0.1) is 0 Å². The summed E-state index contributed by atoms with van der Waals surface area (Å²) in [6, 6.07) is 8.85. The highest BCUT2D eigenvalue weighted by atomic mass is 79.9. The number of ether oxygens (including phenoxy) is 1. The minimum absolute atomic E-state index is 0.0100. The number of aromatic hydroxyl groups is 1. The normalized spacial score (nSPS) is 10.8. The Morgan fingerprint density at radius 2 is 2.04 bits per heavy atom. The van der Waals surface area contributed by atoms with Crippen LogP contribution in [0, 0.1) is 13.8 Å². The van der Waals surface area contributed by atoms with Crippen LogP contribution in [0.1, 0.15) is 16.7 Å². The lowest BCUT2D eigenvalue weighted by atomic mass is 10.1. The van der Waals surface area contributed by atoms with Gasteiger partial charge >= 0.3 is 0 Å². The molecular formula is C17H16BrClN2O3. The van der Waals surface area contributed by atoms with Crippen LogP contribution in [0.15, 0.2) is 39.9 Å². The van der Waals surface area contributed by atoms with Crippen LogP contribution in [0.4, 0.5) is 0 Å². The molecule has 0 saturated heterocycles. The fourth-order valence-corrected chi connectivity index (χ4v) is 2.89. The fraction of sp³-hybridized carbons (Fsp3) is 0.176. The number of benzene rings is 2. The number of phenolic OH excluding ortho intramolecular Hbond substituents is 1. The molecule has 2 aromatic carbocycles. The Labute approximate surface area is 153 Å². The van der Waals surface area contributed by atoms with Gasteiger partial charge in [-0.1, -0.05) is 29.8 Å². The van der Waals surface area contributed by atoms with E-state index in [0.29, 0.717) is 20.8 Å². The highest BCUT2D eigenvalue weighted by Crippen LogP contribution is 2.30. The van der Waals surface area contributed by atoms with Gasteiger partial charge in [0.05, 0.1) is 10.7 Å². The minimum Gasteiger partial charge on any atom is -0.506 e. The topological polar surface area (TPSA) is 70.9 Å². The van der Waals surface area contributed by atoms with Crippen molar-refractivity contribution >= 4 is 39.7 Å². The maximum atomic E-state index is 11.8. The average molecular weight is 412 g/mol. The maximum absolute atomic E-state index is 11.8. The molecule has 0 spiro atoms. The summed E-state index contributed by atoms with van der Waals surface area (Å²) < 4.78 is 5.98. The number of hydrogen-bond acceptors (Lipinski definition) is 4. The van der Waals surface area contributed by atoms with E-state index >= 15 is 0 Å². The van der Waals surface area contributed by atoms with Crippen LogP contribution < -0.4 is 10.2 Å². The number of rotatable bonds is 5. The lowest BCUT2D eigenvalue weighted by Crippen LogP contribution is -2.25. The molecule has 2 N–H and O–H groups in total. The Kier molecular flexibility index (Phi) is 6.23. The van der Waals surface area contributed by atoms with Gasteiger partial charge < -0.3 is 9.84 Å². The Hall–Kier alpha value is -2.05. The van der Waals surface area contributed by atoms with E-state index in [4.69, 9.17) is 16.3 Å². The molecule has 0 bridgehead atoms. The fourth-order valence-electron chi connectivity index (χ4n) is 2.05. The van der Waals surface area contributed by atoms with Crippen molar-refractivity contribution in [3.05, 3.63) is 56.5 Å². The second-order valence-corrected chi connectivity index (χ2v) is 6.42. The van der Waals surface area contributed by atoms with E-state index in [1.54, 1.807) is 6.07 Å². The Morgan fingerprint density at radius 3 is 2.71 bits per heavy atom. The van der Waals surface area contributed by atoms with Crippen LogP contribution >= 0.6 is 27.5 Å². The number of phenols is 1. The van der Waals surface area contributed by atoms with Crippen molar-refractivity contribution < 1.29 is 14.6 Å². The van der Waals surface area contributed by atoms with Crippen molar-refractivity contribution in [2.75, 3.05) is 6.61 Å². The van der Waals surface area contributed by atoms with E-state index < -0.39 is 5.91 Å². The van der Waals surface area contributed by atoms with Crippen LogP contribution in [-0.4, -0.2) is 23.8 Å². The van der Waals surface area contributed by atoms with Gasteiger partial charge in [-0.2, -0.15) is 5.10 Å².